The zero-order valence-electron chi connectivity index (χ0n) is 24.5. The van der Waals surface area contributed by atoms with E-state index in [1.165, 1.54) is 37.7 Å². The van der Waals surface area contributed by atoms with Gasteiger partial charge in [-0.1, -0.05) is 31.5 Å². The normalized spacial score (nSPS) is 42.2. The van der Waals surface area contributed by atoms with Gasteiger partial charge in [-0.25, -0.2) is 4.79 Å². The maximum Gasteiger partial charge on any atom is 0.436 e. The number of oxime groups is 1. The SMILES string of the molecule is C/C(=N\OC(=O)N(CCC1CC(C)CN1)C1COC1)[C@H]1CC[C@H]2[C@@H]3CCC4=CC(=O)CC[C@]4(C)[C@H]3CC[C@]12C. The number of fused-ring (bicyclic) bond motifs is 5. The molecule has 0 radical (unpaired) electrons. The number of amides is 1. The van der Waals surface area contributed by atoms with Gasteiger partial charge in [-0.3, -0.25) is 14.5 Å². The lowest BCUT2D eigenvalue weighted by atomic mass is 9.46. The average Bonchev–Trinajstić information content (AvgIpc) is 3.46. The lowest BCUT2D eigenvalue weighted by molar-refractivity contribution is -0.117. The summed E-state index contributed by atoms with van der Waals surface area (Å²) in [4.78, 5) is 32.9. The van der Waals surface area contributed by atoms with Crippen molar-refractivity contribution < 1.29 is 19.2 Å². The summed E-state index contributed by atoms with van der Waals surface area (Å²) in [6.07, 6.45) is 12.6. The maximum atomic E-state index is 13.2. The molecule has 6 rings (SSSR count). The number of carbonyl (C=O) groups is 2. The van der Waals surface area contributed by atoms with Crippen molar-refractivity contribution in [2.75, 3.05) is 26.3 Å². The zero-order valence-corrected chi connectivity index (χ0v) is 24.5. The highest BCUT2D eigenvalue weighted by Crippen LogP contribution is 2.66. The number of hydrogen-bond donors (Lipinski definition) is 1. The molecule has 0 aromatic rings. The second kappa shape index (κ2) is 10.6. The van der Waals surface area contributed by atoms with Gasteiger partial charge in [-0.15, -0.1) is 0 Å². The summed E-state index contributed by atoms with van der Waals surface area (Å²) >= 11 is 0. The van der Waals surface area contributed by atoms with E-state index in [9.17, 15) is 9.59 Å². The Morgan fingerprint density at radius 1 is 1.15 bits per heavy atom. The van der Waals surface area contributed by atoms with Gasteiger partial charge in [0.2, 0.25) is 0 Å². The van der Waals surface area contributed by atoms with Crippen LogP contribution in [0.3, 0.4) is 0 Å². The molecule has 2 unspecified atom stereocenters. The van der Waals surface area contributed by atoms with Crippen LogP contribution in [0.1, 0.15) is 91.9 Å². The number of nitrogens with zero attached hydrogens (tertiary/aromatic N) is 2. The topological polar surface area (TPSA) is 80.2 Å². The van der Waals surface area contributed by atoms with Gasteiger partial charge in [-0.05, 0) is 112 Å². The van der Waals surface area contributed by atoms with Crippen molar-refractivity contribution in [2.24, 2.45) is 45.6 Å². The van der Waals surface area contributed by atoms with Crippen LogP contribution < -0.4 is 5.32 Å². The molecule has 8 atom stereocenters. The van der Waals surface area contributed by atoms with Gasteiger partial charge >= 0.3 is 6.09 Å². The highest BCUT2D eigenvalue weighted by molar-refractivity contribution is 5.91. The van der Waals surface area contributed by atoms with Crippen molar-refractivity contribution in [1.82, 2.24) is 10.2 Å². The van der Waals surface area contributed by atoms with E-state index in [1.807, 2.05) is 11.0 Å². The highest BCUT2D eigenvalue weighted by atomic mass is 16.7. The minimum absolute atomic E-state index is 0.0946. The molecule has 5 fully saturated rings. The fourth-order valence-corrected chi connectivity index (χ4v) is 9.83. The second-order valence-electron chi connectivity index (χ2n) is 14.4. The summed E-state index contributed by atoms with van der Waals surface area (Å²) in [6.45, 7) is 12.2. The number of hydrogen-bond acceptors (Lipinski definition) is 6. The predicted molar refractivity (Wildman–Crippen MR) is 151 cm³/mol. The molecule has 1 amide bonds. The fraction of sp³-hybridized carbons (Fsp3) is 0.844. The summed E-state index contributed by atoms with van der Waals surface area (Å²) < 4.78 is 5.40. The molecule has 0 bridgehead atoms. The molecule has 0 spiro atoms. The van der Waals surface area contributed by atoms with Crippen LogP contribution in [0.2, 0.25) is 0 Å². The second-order valence-corrected chi connectivity index (χ2v) is 14.4. The molecule has 2 aliphatic heterocycles. The van der Waals surface area contributed by atoms with Crippen molar-refractivity contribution in [3.63, 3.8) is 0 Å². The number of ketones is 1. The van der Waals surface area contributed by atoms with Crippen molar-refractivity contribution in [2.45, 2.75) is 104 Å². The Labute approximate surface area is 234 Å². The summed E-state index contributed by atoms with van der Waals surface area (Å²) in [5, 5.41) is 8.09. The van der Waals surface area contributed by atoms with E-state index in [1.54, 1.807) is 0 Å². The Kier molecular flexibility index (Phi) is 7.45. The molecule has 4 aliphatic carbocycles. The van der Waals surface area contributed by atoms with E-state index in [2.05, 4.69) is 38.2 Å². The standard InChI is InChI=1S/C32H49N3O4/c1-20-15-23(33-17-20)11-14-35(24-18-38-19-24)30(37)39-34-21(2)27-7-8-28-26-6-5-22-16-25(36)9-12-31(22,3)29(26)10-13-32(27,28)4/h16,20,23-24,26-29,33H,5-15,17-19H2,1-4H3/b34-21+/t20?,23?,26-,27+,28-,29-,31-,32+/m0/s1. The van der Waals surface area contributed by atoms with Gasteiger partial charge < -0.3 is 10.1 Å². The molecule has 2 saturated heterocycles. The predicted octanol–water partition coefficient (Wildman–Crippen LogP) is 5.74. The third kappa shape index (κ3) is 4.90. The van der Waals surface area contributed by atoms with Crippen LogP contribution in [0.15, 0.2) is 16.8 Å². The molecular formula is C32H49N3O4. The first-order valence-electron chi connectivity index (χ1n) is 15.8. The first kappa shape index (κ1) is 27.4. The summed E-state index contributed by atoms with van der Waals surface area (Å²) in [6, 6.07) is 0.562. The molecule has 7 nitrogen and oxygen atoms in total. The van der Waals surface area contributed by atoms with Crippen molar-refractivity contribution in [3.8, 4) is 0 Å². The van der Waals surface area contributed by atoms with Gasteiger partial charge in [0.25, 0.3) is 0 Å². The molecule has 216 valence electrons. The number of ether oxygens (including phenoxy) is 1. The monoisotopic (exact) mass is 539 g/mol. The van der Waals surface area contributed by atoms with Gasteiger partial charge in [0.1, 0.15) is 0 Å². The number of nitrogens with one attached hydrogen (secondary N) is 1. The Balaban J connectivity index is 1.11. The van der Waals surface area contributed by atoms with Gasteiger partial charge in [0, 0.05) is 24.9 Å². The molecule has 0 aromatic carbocycles. The van der Waals surface area contributed by atoms with Crippen LogP contribution in [0, 0.1) is 40.4 Å². The average molecular weight is 540 g/mol. The van der Waals surface area contributed by atoms with Crippen molar-refractivity contribution >= 4 is 17.6 Å². The minimum atomic E-state index is -0.330. The zero-order chi connectivity index (χ0) is 27.4. The summed E-state index contributed by atoms with van der Waals surface area (Å²) in [5.74, 6) is 3.48. The van der Waals surface area contributed by atoms with Crippen molar-refractivity contribution in [3.05, 3.63) is 11.6 Å². The first-order valence-corrected chi connectivity index (χ1v) is 15.8. The molecule has 1 N–H and O–H groups in total. The number of carbonyl (C=O) groups excluding carboxylic acids is 2. The van der Waals surface area contributed by atoms with Crippen LogP contribution in [-0.2, 0) is 14.4 Å². The molecule has 39 heavy (non-hydrogen) atoms. The van der Waals surface area contributed by atoms with E-state index in [-0.39, 0.29) is 23.0 Å². The Morgan fingerprint density at radius 2 is 1.97 bits per heavy atom. The quantitative estimate of drug-likeness (QED) is 0.265. The molecule has 7 heteroatoms. The van der Waals surface area contributed by atoms with E-state index >= 15 is 0 Å². The molecular weight excluding hydrogens is 490 g/mol. The van der Waals surface area contributed by atoms with E-state index in [0.29, 0.717) is 61.7 Å². The minimum Gasteiger partial charge on any atom is -0.377 e. The highest BCUT2D eigenvalue weighted by Gasteiger charge is 2.59. The summed E-state index contributed by atoms with van der Waals surface area (Å²) in [5.41, 5.74) is 2.82. The fourth-order valence-electron chi connectivity index (χ4n) is 9.83. The summed E-state index contributed by atoms with van der Waals surface area (Å²) in [7, 11) is 0. The first-order chi connectivity index (χ1) is 18.7. The largest absolute Gasteiger partial charge is 0.436 e. The van der Waals surface area contributed by atoms with E-state index in [0.717, 1.165) is 43.9 Å². The van der Waals surface area contributed by atoms with Gasteiger partial charge in [-0.2, -0.15) is 0 Å². The van der Waals surface area contributed by atoms with Gasteiger partial charge in [0.05, 0.1) is 25.0 Å². The van der Waals surface area contributed by atoms with Crippen LogP contribution in [0.5, 0.6) is 0 Å². The lowest BCUT2D eigenvalue weighted by Gasteiger charge is -2.58. The van der Waals surface area contributed by atoms with Crippen LogP contribution in [-0.4, -0.2) is 60.9 Å². The van der Waals surface area contributed by atoms with Crippen LogP contribution in [0.4, 0.5) is 4.79 Å². The molecule has 0 aromatic heterocycles. The maximum absolute atomic E-state index is 13.2. The third-order valence-corrected chi connectivity index (χ3v) is 12.2. The smallest absolute Gasteiger partial charge is 0.377 e. The molecule has 3 saturated carbocycles. The third-order valence-electron chi connectivity index (χ3n) is 12.2. The van der Waals surface area contributed by atoms with Crippen LogP contribution in [0.25, 0.3) is 0 Å². The number of allylic oxidation sites excluding steroid dienone is 1. The van der Waals surface area contributed by atoms with E-state index < -0.39 is 0 Å². The van der Waals surface area contributed by atoms with Gasteiger partial charge in [0.15, 0.2) is 5.78 Å². The Hall–Kier alpha value is -1.73. The number of rotatable bonds is 6. The molecule has 2 heterocycles. The van der Waals surface area contributed by atoms with Crippen LogP contribution >= 0.6 is 0 Å². The van der Waals surface area contributed by atoms with Crippen molar-refractivity contribution in [1.29, 1.82) is 0 Å². The lowest BCUT2D eigenvalue weighted by Crippen LogP contribution is -2.52. The Bertz CT molecular complexity index is 1040. The Morgan fingerprint density at radius 3 is 2.69 bits per heavy atom. The van der Waals surface area contributed by atoms with E-state index in [4.69, 9.17) is 9.57 Å². The molecule has 6 aliphatic rings.